The number of aryl methyl sites for hydroxylation is 1. The average Bonchev–Trinajstić information content (AvgIpc) is 2.74. The second-order valence-electron chi connectivity index (χ2n) is 4.09. The molecule has 1 aliphatic rings. The minimum atomic E-state index is -0.0890. The van der Waals surface area contributed by atoms with Crippen molar-refractivity contribution in [3.63, 3.8) is 0 Å². The predicted molar refractivity (Wildman–Crippen MR) is 68.0 cm³/mol. The van der Waals surface area contributed by atoms with Gasteiger partial charge in [0.2, 0.25) is 5.56 Å². The topological polar surface area (TPSA) is 58.2 Å². The van der Waals surface area contributed by atoms with Gasteiger partial charge >= 0.3 is 0 Å². The van der Waals surface area contributed by atoms with E-state index in [9.17, 15) is 4.79 Å². The van der Waals surface area contributed by atoms with Gasteiger partial charge in [-0.25, -0.2) is 4.98 Å². The van der Waals surface area contributed by atoms with Gasteiger partial charge < -0.3 is 14.6 Å². The van der Waals surface area contributed by atoms with Crippen molar-refractivity contribution in [2.24, 2.45) is 0 Å². The van der Waals surface area contributed by atoms with E-state index in [0.717, 1.165) is 41.7 Å². The highest BCUT2D eigenvalue weighted by Gasteiger charge is 2.16. The standard InChI is InChI=1S/C11H13N3O2S/c1-7-6-8(15)12-10-9(7)17-11(13-10)14-2-4-16-5-3-14/h6H,2-5H2,1H3,(H,12,15). The summed E-state index contributed by atoms with van der Waals surface area (Å²) in [5.41, 5.74) is 1.59. The number of hydrogen-bond acceptors (Lipinski definition) is 5. The fraction of sp³-hybridized carbons (Fsp3) is 0.455. The Morgan fingerprint density at radius 3 is 3.00 bits per heavy atom. The number of hydrogen-bond donors (Lipinski definition) is 1. The van der Waals surface area contributed by atoms with Gasteiger partial charge in [0.25, 0.3) is 0 Å². The molecule has 5 nitrogen and oxygen atoms in total. The number of fused-ring (bicyclic) bond motifs is 1. The van der Waals surface area contributed by atoms with Crippen molar-refractivity contribution in [1.29, 1.82) is 0 Å². The molecule has 90 valence electrons. The number of nitrogens with zero attached hydrogens (tertiary/aromatic N) is 2. The summed E-state index contributed by atoms with van der Waals surface area (Å²) < 4.78 is 6.38. The molecule has 1 aliphatic heterocycles. The lowest BCUT2D eigenvalue weighted by molar-refractivity contribution is 0.122. The summed E-state index contributed by atoms with van der Waals surface area (Å²) in [6.07, 6.45) is 0. The molecule has 17 heavy (non-hydrogen) atoms. The highest BCUT2D eigenvalue weighted by atomic mass is 32.1. The van der Waals surface area contributed by atoms with Crippen LogP contribution in [0.1, 0.15) is 5.56 Å². The number of ether oxygens (including phenoxy) is 1. The SMILES string of the molecule is Cc1cc(=O)[nH]c2nc(N3CCOCC3)sc12. The van der Waals surface area contributed by atoms with Gasteiger partial charge in [-0.15, -0.1) is 0 Å². The number of aromatic amines is 1. The second kappa shape index (κ2) is 4.12. The molecule has 3 heterocycles. The van der Waals surface area contributed by atoms with Crippen LogP contribution < -0.4 is 10.5 Å². The molecule has 0 saturated carbocycles. The zero-order chi connectivity index (χ0) is 11.8. The fourth-order valence-electron chi connectivity index (χ4n) is 1.97. The van der Waals surface area contributed by atoms with Gasteiger partial charge in [0, 0.05) is 19.2 Å². The summed E-state index contributed by atoms with van der Waals surface area (Å²) in [6.45, 7) is 5.15. The van der Waals surface area contributed by atoms with Crippen molar-refractivity contribution in [2.75, 3.05) is 31.2 Å². The molecule has 0 aromatic carbocycles. The first-order valence-electron chi connectivity index (χ1n) is 5.57. The Hall–Kier alpha value is -1.40. The summed E-state index contributed by atoms with van der Waals surface area (Å²) >= 11 is 1.63. The molecule has 0 spiro atoms. The Labute approximate surface area is 102 Å². The second-order valence-corrected chi connectivity index (χ2v) is 5.07. The molecule has 0 amide bonds. The van der Waals surface area contributed by atoms with E-state index >= 15 is 0 Å². The smallest absolute Gasteiger partial charge is 0.249 e. The lowest BCUT2D eigenvalue weighted by Crippen LogP contribution is -2.36. The maximum Gasteiger partial charge on any atom is 0.249 e. The molecule has 1 fully saturated rings. The maximum atomic E-state index is 11.4. The minimum Gasteiger partial charge on any atom is -0.378 e. The molecule has 2 aromatic heterocycles. The first-order chi connectivity index (χ1) is 8.24. The third kappa shape index (κ3) is 1.94. The Balaban J connectivity index is 2.06. The summed E-state index contributed by atoms with van der Waals surface area (Å²) in [5, 5.41) is 0.966. The van der Waals surface area contributed by atoms with Crippen molar-refractivity contribution in [2.45, 2.75) is 6.92 Å². The zero-order valence-electron chi connectivity index (χ0n) is 9.52. The van der Waals surface area contributed by atoms with Gasteiger partial charge in [-0.3, -0.25) is 4.79 Å². The van der Waals surface area contributed by atoms with Crippen molar-refractivity contribution in [3.05, 3.63) is 22.0 Å². The number of anilines is 1. The first kappa shape index (κ1) is 10.7. The lowest BCUT2D eigenvalue weighted by Gasteiger charge is -2.25. The number of rotatable bonds is 1. The Morgan fingerprint density at radius 1 is 1.47 bits per heavy atom. The van der Waals surface area contributed by atoms with Crippen LogP contribution in [0.4, 0.5) is 5.13 Å². The van der Waals surface area contributed by atoms with Crippen molar-refractivity contribution >= 4 is 26.8 Å². The van der Waals surface area contributed by atoms with Crippen molar-refractivity contribution in [3.8, 4) is 0 Å². The summed E-state index contributed by atoms with van der Waals surface area (Å²) in [6, 6.07) is 1.61. The first-order valence-corrected chi connectivity index (χ1v) is 6.39. The summed E-state index contributed by atoms with van der Waals surface area (Å²) in [4.78, 5) is 20.8. The Morgan fingerprint density at radius 2 is 2.24 bits per heavy atom. The van der Waals surface area contributed by atoms with Crippen LogP contribution >= 0.6 is 11.3 Å². The zero-order valence-corrected chi connectivity index (χ0v) is 10.3. The normalized spacial score (nSPS) is 16.6. The largest absolute Gasteiger partial charge is 0.378 e. The Kier molecular flexibility index (Phi) is 2.60. The van der Waals surface area contributed by atoms with E-state index in [0.29, 0.717) is 5.65 Å². The molecule has 0 unspecified atom stereocenters. The van der Waals surface area contributed by atoms with Crippen LogP contribution in [0.15, 0.2) is 10.9 Å². The number of nitrogens with one attached hydrogen (secondary N) is 1. The van der Waals surface area contributed by atoms with Crippen molar-refractivity contribution in [1.82, 2.24) is 9.97 Å². The molecule has 6 heteroatoms. The van der Waals surface area contributed by atoms with E-state index in [1.807, 2.05) is 6.92 Å². The van der Waals surface area contributed by atoms with Crippen molar-refractivity contribution < 1.29 is 4.74 Å². The van der Waals surface area contributed by atoms with E-state index in [2.05, 4.69) is 14.9 Å². The van der Waals surface area contributed by atoms with Crippen LogP contribution in [-0.2, 0) is 4.74 Å². The van der Waals surface area contributed by atoms with Crippen LogP contribution in [0.2, 0.25) is 0 Å². The number of aromatic nitrogens is 2. The van der Waals surface area contributed by atoms with Crippen LogP contribution in [-0.4, -0.2) is 36.3 Å². The van der Waals surface area contributed by atoms with E-state index in [1.54, 1.807) is 17.4 Å². The third-order valence-electron chi connectivity index (χ3n) is 2.84. The molecule has 2 aromatic rings. The van der Waals surface area contributed by atoms with E-state index in [4.69, 9.17) is 4.74 Å². The maximum absolute atomic E-state index is 11.4. The number of H-pyrrole nitrogens is 1. The van der Waals surface area contributed by atoms with Crippen LogP contribution in [0.5, 0.6) is 0 Å². The van der Waals surface area contributed by atoms with Crippen LogP contribution in [0, 0.1) is 6.92 Å². The average molecular weight is 251 g/mol. The number of thiazole rings is 1. The predicted octanol–water partition coefficient (Wildman–Crippen LogP) is 1.13. The number of pyridine rings is 1. The molecule has 0 aliphatic carbocycles. The summed E-state index contributed by atoms with van der Waals surface area (Å²) in [5.74, 6) is 0. The van der Waals surface area contributed by atoms with E-state index in [-0.39, 0.29) is 5.56 Å². The van der Waals surface area contributed by atoms with Gasteiger partial charge in [0.15, 0.2) is 10.8 Å². The molecule has 0 bridgehead atoms. The molecule has 0 radical (unpaired) electrons. The van der Waals surface area contributed by atoms with Gasteiger partial charge in [0.05, 0.1) is 17.9 Å². The number of morpholine rings is 1. The third-order valence-corrected chi connectivity index (χ3v) is 4.10. The van der Waals surface area contributed by atoms with E-state index in [1.165, 1.54) is 0 Å². The highest BCUT2D eigenvalue weighted by Crippen LogP contribution is 2.29. The molecular weight excluding hydrogens is 238 g/mol. The van der Waals surface area contributed by atoms with Gasteiger partial charge in [-0.05, 0) is 12.5 Å². The summed E-state index contributed by atoms with van der Waals surface area (Å²) in [7, 11) is 0. The van der Waals surface area contributed by atoms with Gasteiger partial charge in [0.1, 0.15) is 0 Å². The van der Waals surface area contributed by atoms with Gasteiger partial charge in [-0.1, -0.05) is 11.3 Å². The lowest BCUT2D eigenvalue weighted by atomic mass is 10.3. The molecular formula is C11H13N3O2S. The molecule has 1 saturated heterocycles. The van der Waals surface area contributed by atoms with Crippen LogP contribution in [0.3, 0.4) is 0 Å². The monoisotopic (exact) mass is 251 g/mol. The fourth-order valence-corrected chi connectivity index (χ4v) is 3.01. The highest BCUT2D eigenvalue weighted by molar-refractivity contribution is 7.22. The quantitative estimate of drug-likeness (QED) is 0.825. The van der Waals surface area contributed by atoms with E-state index < -0.39 is 0 Å². The van der Waals surface area contributed by atoms with Gasteiger partial charge in [-0.2, -0.15) is 0 Å². The van der Waals surface area contributed by atoms with Crippen LogP contribution in [0.25, 0.3) is 10.3 Å². The minimum absolute atomic E-state index is 0.0890. The molecule has 0 atom stereocenters. The Bertz CT molecular complexity index is 598. The molecule has 3 rings (SSSR count). The molecule has 1 N–H and O–H groups in total.